The number of methoxy groups -OCH3 is 1. The van der Waals surface area contributed by atoms with Gasteiger partial charge < -0.3 is 10.1 Å². The van der Waals surface area contributed by atoms with Crippen molar-refractivity contribution in [1.82, 2.24) is 15.1 Å². The van der Waals surface area contributed by atoms with E-state index in [1.807, 2.05) is 6.07 Å². The highest BCUT2D eigenvalue weighted by molar-refractivity contribution is 6.36. The second-order valence-corrected chi connectivity index (χ2v) is 7.09. The molecule has 148 valence electrons. The van der Waals surface area contributed by atoms with Crippen LogP contribution in [0.1, 0.15) is 23.2 Å². The van der Waals surface area contributed by atoms with Crippen molar-refractivity contribution < 1.29 is 9.53 Å². The maximum Gasteiger partial charge on any atom is 0.261 e. The van der Waals surface area contributed by atoms with Crippen LogP contribution in [0.25, 0.3) is 6.08 Å². The predicted octanol–water partition coefficient (Wildman–Crippen LogP) is 4.26. The topological polar surface area (TPSA) is 79.9 Å². The molecule has 6 nitrogen and oxygen atoms in total. The molecular weight excluding hydrogens is 423 g/mol. The summed E-state index contributed by atoms with van der Waals surface area (Å²) < 4.78 is 6.46. The number of nitrogens with zero attached hydrogens (tertiary/aromatic N) is 3. The Morgan fingerprint density at radius 3 is 2.64 bits per heavy atom. The zero-order valence-electron chi connectivity index (χ0n) is 15.4. The summed E-state index contributed by atoms with van der Waals surface area (Å²) in [5.41, 5.74) is 1.70. The molecule has 0 spiro atoms. The largest absolute Gasteiger partial charge is 0.385 e. The number of aromatic nitrogens is 2. The van der Waals surface area contributed by atoms with E-state index in [2.05, 4.69) is 10.4 Å². The van der Waals surface area contributed by atoms with Crippen molar-refractivity contribution in [1.29, 1.82) is 5.26 Å². The standard InChI is InChI=1S/C19H19Cl3N4O2/c1-12-14(9-13(10-23)19(27)24-7-4-8-28-2)18(22)26(25-12)11-15-16(20)5-3-6-17(15)21/h3,5-6,9H,4,7-8,11H2,1-2H3,(H,24,27)/b13-9+. The molecule has 1 aromatic carbocycles. The summed E-state index contributed by atoms with van der Waals surface area (Å²) >= 11 is 18.9. The zero-order chi connectivity index (χ0) is 20.7. The van der Waals surface area contributed by atoms with E-state index in [0.29, 0.717) is 46.4 Å². The smallest absolute Gasteiger partial charge is 0.261 e. The molecule has 1 aromatic heterocycles. The average Bonchev–Trinajstić information content (AvgIpc) is 2.93. The van der Waals surface area contributed by atoms with Gasteiger partial charge in [0.25, 0.3) is 5.91 Å². The lowest BCUT2D eigenvalue weighted by atomic mass is 10.1. The number of rotatable bonds is 8. The number of benzene rings is 1. The van der Waals surface area contributed by atoms with Crippen molar-refractivity contribution >= 4 is 46.8 Å². The second-order valence-electron chi connectivity index (χ2n) is 5.92. The molecule has 1 N–H and O–H groups in total. The van der Waals surface area contributed by atoms with Gasteiger partial charge in [0, 0.05) is 41.4 Å². The van der Waals surface area contributed by atoms with Gasteiger partial charge in [0.15, 0.2) is 0 Å². The normalized spacial score (nSPS) is 11.4. The third-order valence-corrected chi connectivity index (χ3v) is 5.05. The number of amides is 1. The van der Waals surface area contributed by atoms with E-state index in [1.54, 1.807) is 32.2 Å². The van der Waals surface area contributed by atoms with Crippen LogP contribution in [0.5, 0.6) is 0 Å². The first-order valence-corrected chi connectivity index (χ1v) is 9.57. The second kappa shape index (κ2) is 10.5. The summed E-state index contributed by atoms with van der Waals surface area (Å²) in [5, 5.41) is 17.7. The third-order valence-electron chi connectivity index (χ3n) is 3.94. The van der Waals surface area contributed by atoms with Crippen LogP contribution in [-0.4, -0.2) is 35.9 Å². The Labute approximate surface area is 178 Å². The fourth-order valence-corrected chi connectivity index (χ4v) is 3.28. The molecule has 2 aromatic rings. The van der Waals surface area contributed by atoms with Crippen LogP contribution in [0.15, 0.2) is 23.8 Å². The molecule has 9 heteroatoms. The number of halogens is 3. The van der Waals surface area contributed by atoms with E-state index in [9.17, 15) is 10.1 Å². The van der Waals surface area contributed by atoms with Gasteiger partial charge in [0.2, 0.25) is 0 Å². The molecule has 0 unspecified atom stereocenters. The van der Waals surface area contributed by atoms with E-state index in [1.165, 1.54) is 10.8 Å². The Balaban J connectivity index is 2.25. The summed E-state index contributed by atoms with van der Waals surface area (Å²) in [6, 6.07) is 7.12. The van der Waals surface area contributed by atoms with Crippen molar-refractivity contribution in [3.8, 4) is 6.07 Å². The van der Waals surface area contributed by atoms with Gasteiger partial charge in [0.1, 0.15) is 16.8 Å². The van der Waals surface area contributed by atoms with Crippen molar-refractivity contribution in [2.75, 3.05) is 20.3 Å². The van der Waals surface area contributed by atoms with E-state index in [4.69, 9.17) is 39.5 Å². The fourth-order valence-electron chi connectivity index (χ4n) is 2.48. The number of aryl methyl sites for hydroxylation is 1. The Morgan fingerprint density at radius 2 is 2.04 bits per heavy atom. The Hall–Kier alpha value is -2.04. The minimum absolute atomic E-state index is 0.0576. The van der Waals surface area contributed by atoms with Gasteiger partial charge in [-0.1, -0.05) is 40.9 Å². The lowest BCUT2D eigenvalue weighted by molar-refractivity contribution is -0.117. The number of carbonyl (C=O) groups excluding carboxylic acids is 1. The van der Waals surface area contributed by atoms with E-state index in [-0.39, 0.29) is 17.3 Å². The summed E-state index contributed by atoms with van der Waals surface area (Å²) in [6.07, 6.45) is 2.08. The van der Waals surface area contributed by atoms with Gasteiger partial charge in [-0.2, -0.15) is 10.4 Å². The summed E-state index contributed by atoms with van der Waals surface area (Å²) in [6.45, 7) is 2.93. The number of nitriles is 1. The summed E-state index contributed by atoms with van der Waals surface area (Å²) in [5.74, 6) is -0.476. The van der Waals surface area contributed by atoms with Crippen LogP contribution in [0.3, 0.4) is 0 Å². The van der Waals surface area contributed by atoms with Gasteiger partial charge in [-0.15, -0.1) is 0 Å². The van der Waals surface area contributed by atoms with Crippen molar-refractivity contribution in [3.05, 3.63) is 55.8 Å². The maximum atomic E-state index is 12.2. The van der Waals surface area contributed by atoms with Gasteiger partial charge in [-0.25, -0.2) is 4.68 Å². The first-order valence-electron chi connectivity index (χ1n) is 8.43. The average molecular weight is 442 g/mol. The molecule has 28 heavy (non-hydrogen) atoms. The molecule has 0 aliphatic rings. The van der Waals surface area contributed by atoms with Gasteiger partial charge in [0.05, 0.1) is 12.2 Å². The molecule has 0 saturated carbocycles. The quantitative estimate of drug-likeness (QED) is 0.377. The highest BCUT2D eigenvalue weighted by Crippen LogP contribution is 2.28. The van der Waals surface area contributed by atoms with E-state index >= 15 is 0 Å². The molecular formula is C19H19Cl3N4O2. The van der Waals surface area contributed by atoms with Crippen LogP contribution in [0.2, 0.25) is 15.2 Å². The van der Waals surface area contributed by atoms with Crippen LogP contribution in [0.4, 0.5) is 0 Å². The summed E-state index contributed by atoms with van der Waals surface area (Å²) in [7, 11) is 1.58. The van der Waals surface area contributed by atoms with Gasteiger partial charge in [-0.3, -0.25) is 4.79 Å². The van der Waals surface area contributed by atoms with E-state index < -0.39 is 5.91 Å². The highest BCUT2D eigenvalue weighted by atomic mass is 35.5. The van der Waals surface area contributed by atoms with Crippen molar-refractivity contribution in [2.45, 2.75) is 19.9 Å². The molecule has 0 atom stereocenters. The highest BCUT2D eigenvalue weighted by Gasteiger charge is 2.17. The molecule has 0 aliphatic carbocycles. The number of ether oxygens (including phenoxy) is 1. The summed E-state index contributed by atoms with van der Waals surface area (Å²) in [4.78, 5) is 12.2. The van der Waals surface area contributed by atoms with Crippen molar-refractivity contribution in [3.63, 3.8) is 0 Å². The Morgan fingerprint density at radius 1 is 1.36 bits per heavy atom. The Kier molecular flexibility index (Phi) is 8.34. The van der Waals surface area contributed by atoms with Crippen LogP contribution < -0.4 is 5.32 Å². The number of carbonyl (C=O) groups is 1. The van der Waals surface area contributed by atoms with Crippen molar-refractivity contribution in [2.24, 2.45) is 0 Å². The van der Waals surface area contributed by atoms with E-state index in [0.717, 1.165) is 0 Å². The molecule has 1 heterocycles. The maximum absolute atomic E-state index is 12.2. The first-order chi connectivity index (χ1) is 13.4. The molecule has 2 rings (SSSR count). The number of hydrogen-bond acceptors (Lipinski definition) is 4. The lowest BCUT2D eigenvalue weighted by Gasteiger charge is -2.08. The third kappa shape index (κ3) is 5.49. The van der Waals surface area contributed by atoms with Crippen LogP contribution in [-0.2, 0) is 16.1 Å². The molecule has 1 amide bonds. The van der Waals surface area contributed by atoms with Gasteiger partial charge >= 0.3 is 0 Å². The minimum atomic E-state index is -0.476. The van der Waals surface area contributed by atoms with Crippen LogP contribution >= 0.6 is 34.8 Å². The molecule has 0 bridgehead atoms. The minimum Gasteiger partial charge on any atom is -0.385 e. The van der Waals surface area contributed by atoms with Gasteiger partial charge in [-0.05, 0) is 31.6 Å². The SMILES string of the molecule is COCCCNC(=O)/C(C#N)=C/c1c(C)nn(Cc2c(Cl)cccc2Cl)c1Cl. The zero-order valence-corrected chi connectivity index (χ0v) is 17.7. The Bertz CT molecular complexity index is 912. The molecule has 0 aliphatic heterocycles. The lowest BCUT2D eigenvalue weighted by Crippen LogP contribution is -2.26. The molecule has 0 radical (unpaired) electrons. The monoisotopic (exact) mass is 440 g/mol. The predicted molar refractivity (Wildman–Crippen MR) is 111 cm³/mol. The molecule has 0 saturated heterocycles. The number of nitrogens with one attached hydrogen (secondary N) is 1. The van der Waals surface area contributed by atoms with Crippen LogP contribution in [0, 0.1) is 18.3 Å². The molecule has 0 fully saturated rings. The fraction of sp³-hybridized carbons (Fsp3) is 0.316. The number of hydrogen-bond donors (Lipinski definition) is 1. The first kappa shape index (κ1) is 22.3.